The van der Waals surface area contributed by atoms with Crippen LogP contribution in [-0.2, 0) is 0 Å². The first-order chi connectivity index (χ1) is 11.1. The number of aromatic carboxylic acids is 1. The lowest BCUT2D eigenvalue weighted by molar-refractivity contribution is 0.0697. The van der Waals surface area contributed by atoms with Crippen LogP contribution in [0.1, 0.15) is 10.4 Å². The van der Waals surface area contributed by atoms with E-state index in [1.807, 2.05) is 30.3 Å². The molecule has 1 heterocycles. The molecule has 0 bridgehead atoms. The number of nitrogens with zero attached hydrogens (tertiary/aromatic N) is 2. The minimum Gasteiger partial charge on any atom is -0.506 e. The van der Waals surface area contributed by atoms with Crippen LogP contribution in [-0.4, -0.2) is 26.2 Å². The Labute approximate surface area is 132 Å². The molecule has 1 aromatic heterocycles. The monoisotopic (exact) mass is 307 g/mol. The van der Waals surface area contributed by atoms with Gasteiger partial charge in [0.2, 0.25) is 0 Å². The number of aromatic nitrogens is 2. The summed E-state index contributed by atoms with van der Waals surface area (Å²) < 4.78 is 0. The highest BCUT2D eigenvalue weighted by Crippen LogP contribution is 2.27. The van der Waals surface area contributed by atoms with Gasteiger partial charge in [0.15, 0.2) is 5.82 Å². The number of anilines is 2. The van der Waals surface area contributed by atoms with Crippen molar-refractivity contribution in [3.63, 3.8) is 0 Å². The molecule has 3 N–H and O–H groups in total. The lowest BCUT2D eigenvalue weighted by Crippen LogP contribution is -2.07. The highest BCUT2D eigenvalue weighted by atomic mass is 16.4. The highest BCUT2D eigenvalue weighted by molar-refractivity contribution is 5.94. The summed E-state index contributed by atoms with van der Waals surface area (Å²) in [5, 5.41) is 22.0. The molecule has 6 heteroatoms. The third-order valence-corrected chi connectivity index (χ3v) is 3.21. The van der Waals surface area contributed by atoms with Crippen molar-refractivity contribution < 1.29 is 15.0 Å². The van der Waals surface area contributed by atoms with E-state index in [0.29, 0.717) is 11.5 Å². The summed E-state index contributed by atoms with van der Waals surface area (Å²) in [7, 11) is 0. The van der Waals surface area contributed by atoms with Crippen molar-refractivity contribution in [2.45, 2.75) is 0 Å². The Kier molecular flexibility index (Phi) is 3.88. The Morgan fingerprint density at radius 2 is 1.70 bits per heavy atom. The smallest absolute Gasteiger partial charge is 0.341 e. The van der Waals surface area contributed by atoms with Crippen molar-refractivity contribution in [2.24, 2.45) is 0 Å². The zero-order chi connectivity index (χ0) is 16.2. The maximum absolute atomic E-state index is 11.4. The molecule has 0 spiro atoms. The lowest BCUT2D eigenvalue weighted by Gasteiger charge is -2.11. The number of phenols is 1. The molecule has 0 saturated heterocycles. The second-order valence-electron chi connectivity index (χ2n) is 4.77. The first kappa shape index (κ1) is 14.5. The maximum Gasteiger partial charge on any atom is 0.341 e. The summed E-state index contributed by atoms with van der Waals surface area (Å²) in [5.41, 5.74) is 1.06. The lowest BCUT2D eigenvalue weighted by atomic mass is 10.2. The van der Waals surface area contributed by atoms with E-state index < -0.39 is 5.97 Å². The number of carboxylic acids is 1. The molecule has 23 heavy (non-hydrogen) atoms. The van der Waals surface area contributed by atoms with Gasteiger partial charge in [0.1, 0.15) is 17.1 Å². The Bertz CT molecular complexity index is 851. The molecule has 0 aliphatic rings. The van der Waals surface area contributed by atoms with E-state index in [1.54, 1.807) is 18.2 Å². The number of carboxylic acid groups (broad SMARTS) is 1. The molecule has 2 aromatic carbocycles. The second kappa shape index (κ2) is 6.15. The quantitative estimate of drug-likeness (QED) is 0.640. The fourth-order valence-corrected chi connectivity index (χ4v) is 2.07. The summed E-state index contributed by atoms with van der Waals surface area (Å²) in [6, 6.07) is 15.8. The first-order valence-corrected chi connectivity index (χ1v) is 6.86. The molecule has 114 valence electrons. The van der Waals surface area contributed by atoms with Gasteiger partial charge in [-0.2, -0.15) is 0 Å². The van der Waals surface area contributed by atoms with Gasteiger partial charge in [-0.3, -0.25) is 0 Å². The van der Waals surface area contributed by atoms with Crippen molar-refractivity contribution in [2.75, 3.05) is 5.32 Å². The number of para-hydroxylation sites is 2. The number of benzene rings is 2. The molecular formula is C17H13N3O3. The molecule has 0 unspecified atom stereocenters. The van der Waals surface area contributed by atoms with E-state index >= 15 is 0 Å². The summed E-state index contributed by atoms with van der Waals surface area (Å²) in [6.07, 6.45) is 1.25. The van der Waals surface area contributed by atoms with Crippen LogP contribution >= 0.6 is 0 Å². The van der Waals surface area contributed by atoms with Gasteiger partial charge in [0.25, 0.3) is 0 Å². The van der Waals surface area contributed by atoms with E-state index in [1.165, 1.54) is 12.3 Å². The Balaban J connectivity index is 2.06. The van der Waals surface area contributed by atoms with Gasteiger partial charge in [0, 0.05) is 11.8 Å². The van der Waals surface area contributed by atoms with Crippen molar-refractivity contribution in [1.29, 1.82) is 0 Å². The zero-order valence-corrected chi connectivity index (χ0v) is 12.0. The minimum atomic E-state index is -1.15. The van der Waals surface area contributed by atoms with E-state index in [4.69, 9.17) is 0 Å². The van der Waals surface area contributed by atoms with Crippen LogP contribution in [0.5, 0.6) is 5.75 Å². The molecule has 0 atom stereocenters. The Morgan fingerprint density at radius 3 is 2.39 bits per heavy atom. The first-order valence-electron chi connectivity index (χ1n) is 6.86. The molecule has 0 aliphatic heterocycles. The van der Waals surface area contributed by atoms with Crippen molar-refractivity contribution >= 4 is 17.5 Å². The predicted molar refractivity (Wildman–Crippen MR) is 85.8 cm³/mol. The van der Waals surface area contributed by atoms with Gasteiger partial charge in [-0.05, 0) is 12.1 Å². The van der Waals surface area contributed by atoms with Crippen LogP contribution in [0, 0.1) is 0 Å². The van der Waals surface area contributed by atoms with E-state index in [2.05, 4.69) is 15.3 Å². The van der Waals surface area contributed by atoms with Gasteiger partial charge in [-0.25, -0.2) is 14.8 Å². The van der Waals surface area contributed by atoms with Crippen LogP contribution in [0.15, 0.2) is 60.8 Å². The molecule has 0 aliphatic carbocycles. The van der Waals surface area contributed by atoms with Crippen molar-refractivity contribution in [3.05, 3.63) is 66.4 Å². The molecule has 3 aromatic rings. The van der Waals surface area contributed by atoms with Crippen molar-refractivity contribution in [1.82, 2.24) is 9.97 Å². The van der Waals surface area contributed by atoms with Gasteiger partial charge in [0.05, 0.1) is 5.69 Å². The van der Waals surface area contributed by atoms with Crippen LogP contribution in [0.25, 0.3) is 11.4 Å². The number of hydrogen-bond acceptors (Lipinski definition) is 5. The number of aromatic hydroxyl groups is 1. The van der Waals surface area contributed by atoms with Gasteiger partial charge in [-0.15, -0.1) is 0 Å². The summed E-state index contributed by atoms with van der Waals surface area (Å²) in [6.45, 7) is 0. The minimum absolute atomic E-state index is 0.00344. The van der Waals surface area contributed by atoms with Gasteiger partial charge >= 0.3 is 5.97 Å². The van der Waals surface area contributed by atoms with Crippen LogP contribution in [0.2, 0.25) is 0 Å². The van der Waals surface area contributed by atoms with E-state index in [9.17, 15) is 15.0 Å². The summed E-state index contributed by atoms with van der Waals surface area (Å²) >= 11 is 0. The average molecular weight is 307 g/mol. The second-order valence-corrected chi connectivity index (χ2v) is 4.77. The molecule has 3 rings (SSSR count). The number of phenolic OH excluding ortho intramolecular Hbond substituents is 1. The van der Waals surface area contributed by atoms with E-state index in [0.717, 1.165) is 5.56 Å². The standard InChI is InChI=1S/C17H13N3O3/c21-14-9-5-4-8-13(14)19-16-12(17(22)23)10-18-15(20-16)11-6-2-1-3-7-11/h1-10,21H,(H,22,23)(H,18,19,20). The maximum atomic E-state index is 11.4. The van der Waals surface area contributed by atoms with Gasteiger partial charge in [-0.1, -0.05) is 42.5 Å². The third-order valence-electron chi connectivity index (χ3n) is 3.21. The normalized spacial score (nSPS) is 10.3. The molecular weight excluding hydrogens is 294 g/mol. The van der Waals surface area contributed by atoms with Gasteiger partial charge < -0.3 is 15.5 Å². The van der Waals surface area contributed by atoms with Crippen LogP contribution in [0.4, 0.5) is 11.5 Å². The van der Waals surface area contributed by atoms with E-state index in [-0.39, 0.29) is 17.1 Å². The number of nitrogens with one attached hydrogen (secondary N) is 1. The summed E-state index contributed by atoms with van der Waals surface area (Å²) in [4.78, 5) is 19.7. The molecule has 0 saturated carbocycles. The number of hydrogen-bond donors (Lipinski definition) is 3. The largest absolute Gasteiger partial charge is 0.506 e. The SMILES string of the molecule is O=C(O)c1cnc(-c2ccccc2)nc1Nc1ccccc1O. The molecule has 0 radical (unpaired) electrons. The fraction of sp³-hybridized carbons (Fsp3) is 0. The Morgan fingerprint density at radius 1 is 1.00 bits per heavy atom. The average Bonchev–Trinajstić information content (AvgIpc) is 2.57. The Hall–Kier alpha value is -3.41. The van der Waals surface area contributed by atoms with Crippen LogP contribution < -0.4 is 5.32 Å². The molecule has 6 nitrogen and oxygen atoms in total. The zero-order valence-electron chi connectivity index (χ0n) is 12.0. The number of rotatable bonds is 4. The van der Waals surface area contributed by atoms with Crippen LogP contribution in [0.3, 0.4) is 0 Å². The third kappa shape index (κ3) is 3.11. The fourth-order valence-electron chi connectivity index (χ4n) is 2.07. The molecule has 0 amide bonds. The summed E-state index contributed by atoms with van der Waals surface area (Å²) in [5.74, 6) is -0.632. The number of carbonyl (C=O) groups is 1. The highest BCUT2D eigenvalue weighted by Gasteiger charge is 2.15. The van der Waals surface area contributed by atoms with Crippen molar-refractivity contribution in [3.8, 4) is 17.1 Å². The molecule has 0 fully saturated rings. The predicted octanol–water partition coefficient (Wildman–Crippen LogP) is 3.29. The topological polar surface area (TPSA) is 95.3 Å².